The number of hydrogen-bond donors (Lipinski definition) is 0. The number of amides is 1. The van der Waals surface area contributed by atoms with E-state index < -0.39 is 0 Å². The Morgan fingerprint density at radius 3 is 2.50 bits per heavy atom. The van der Waals surface area contributed by atoms with E-state index >= 15 is 0 Å². The van der Waals surface area contributed by atoms with E-state index in [0.717, 1.165) is 51.6 Å². The van der Waals surface area contributed by atoms with Gasteiger partial charge in [-0.05, 0) is 56.7 Å². The number of aromatic nitrogens is 3. The Bertz CT molecular complexity index is 641. The number of nitrogens with zero attached hydrogens (tertiary/aromatic N) is 4. The maximum absolute atomic E-state index is 13.0. The Hall–Kier alpha value is -2.04. The van der Waals surface area contributed by atoms with Crippen molar-refractivity contribution in [1.82, 2.24) is 19.2 Å². The summed E-state index contributed by atoms with van der Waals surface area (Å²) in [6, 6.07) is 7.01. The minimum atomic E-state index is 0.218. The van der Waals surface area contributed by atoms with Gasteiger partial charge >= 0.3 is 0 Å². The fourth-order valence-corrected chi connectivity index (χ4v) is 4.39. The first kappa shape index (κ1) is 15.5. The molecule has 4 rings (SSSR count). The molecule has 24 heavy (non-hydrogen) atoms. The molecule has 1 aliphatic heterocycles. The van der Waals surface area contributed by atoms with E-state index in [1.54, 1.807) is 0 Å². The van der Waals surface area contributed by atoms with Gasteiger partial charge in [-0.2, -0.15) is 5.10 Å². The van der Waals surface area contributed by atoms with E-state index in [2.05, 4.69) is 39.1 Å². The SMILES string of the molecule is O=C(C1CCC(n2cccc2)CC1)N1CCCC1Cn1cccn1. The summed E-state index contributed by atoms with van der Waals surface area (Å²) in [7, 11) is 0. The molecule has 2 aliphatic rings. The molecule has 0 N–H and O–H groups in total. The van der Waals surface area contributed by atoms with Crippen molar-refractivity contribution < 1.29 is 4.79 Å². The highest BCUT2D eigenvalue weighted by Crippen LogP contribution is 2.34. The van der Waals surface area contributed by atoms with Crippen molar-refractivity contribution in [2.24, 2.45) is 5.92 Å². The minimum Gasteiger partial charge on any atom is -0.351 e. The van der Waals surface area contributed by atoms with Gasteiger partial charge in [-0.3, -0.25) is 9.48 Å². The molecule has 2 aromatic rings. The van der Waals surface area contributed by atoms with Gasteiger partial charge in [-0.15, -0.1) is 0 Å². The van der Waals surface area contributed by atoms with E-state index in [-0.39, 0.29) is 5.92 Å². The second-order valence-electron chi connectivity index (χ2n) is 7.19. The van der Waals surface area contributed by atoms with Gasteiger partial charge in [0.25, 0.3) is 0 Å². The Morgan fingerprint density at radius 1 is 1.00 bits per heavy atom. The van der Waals surface area contributed by atoms with Crippen LogP contribution in [0.25, 0.3) is 0 Å². The highest BCUT2D eigenvalue weighted by molar-refractivity contribution is 5.79. The zero-order chi connectivity index (χ0) is 16.4. The highest BCUT2D eigenvalue weighted by Gasteiger charge is 2.35. The van der Waals surface area contributed by atoms with Crippen LogP contribution in [0, 0.1) is 5.92 Å². The molecular weight excluding hydrogens is 300 g/mol. The van der Waals surface area contributed by atoms with Crippen LogP contribution in [0.1, 0.15) is 44.6 Å². The number of carbonyl (C=O) groups is 1. The minimum absolute atomic E-state index is 0.218. The quantitative estimate of drug-likeness (QED) is 0.866. The number of rotatable bonds is 4. The van der Waals surface area contributed by atoms with Gasteiger partial charge in [0.1, 0.15) is 0 Å². The first-order valence-corrected chi connectivity index (χ1v) is 9.21. The number of carbonyl (C=O) groups excluding carboxylic acids is 1. The maximum Gasteiger partial charge on any atom is 0.225 e. The zero-order valence-electron chi connectivity index (χ0n) is 14.1. The molecule has 128 valence electrons. The molecule has 5 nitrogen and oxygen atoms in total. The Kier molecular flexibility index (Phi) is 4.41. The normalized spacial score (nSPS) is 27.5. The molecule has 1 aliphatic carbocycles. The molecule has 2 fully saturated rings. The van der Waals surface area contributed by atoms with Crippen molar-refractivity contribution in [1.29, 1.82) is 0 Å². The third kappa shape index (κ3) is 3.12. The van der Waals surface area contributed by atoms with Crippen LogP contribution < -0.4 is 0 Å². The third-order valence-electron chi connectivity index (χ3n) is 5.71. The van der Waals surface area contributed by atoms with Crippen LogP contribution in [0.3, 0.4) is 0 Å². The van der Waals surface area contributed by atoms with Crippen molar-refractivity contribution in [2.75, 3.05) is 6.54 Å². The van der Waals surface area contributed by atoms with Gasteiger partial charge in [-0.25, -0.2) is 0 Å². The lowest BCUT2D eigenvalue weighted by Gasteiger charge is -2.33. The number of hydrogen-bond acceptors (Lipinski definition) is 2. The lowest BCUT2D eigenvalue weighted by Crippen LogP contribution is -2.42. The molecule has 0 bridgehead atoms. The van der Waals surface area contributed by atoms with Crippen molar-refractivity contribution in [2.45, 2.75) is 57.2 Å². The summed E-state index contributed by atoms with van der Waals surface area (Å²) in [5.41, 5.74) is 0. The van der Waals surface area contributed by atoms with E-state index in [4.69, 9.17) is 0 Å². The predicted molar refractivity (Wildman–Crippen MR) is 92.4 cm³/mol. The summed E-state index contributed by atoms with van der Waals surface area (Å²) in [5, 5.41) is 4.30. The second-order valence-corrected chi connectivity index (χ2v) is 7.19. The Labute approximate surface area is 143 Å². The number of likely N-dealkylation sites (tertiary alicyclic amines) is 1. The molecule has 1 amide bonds. The molecule has 0 aromatic carbocycles. The molecule has 2 aromatic heterocycles. The first-order valence-electron chi connectivity index (χ1n) is 9.21. The molecule has 0 radical (unpaired) electrons. The second kappa shape index (κ2) is 6.83. The summed E-state index contributed by atoms with van der Waals surface area (Å²) in [6.45, 7) is 1.75. The molecule has 1 saturated carbocycles. The monoisotopic (exact) mass is 326 g/mol. The highest BCUT2D eigenvalue weighted by atomic mass is 16.2. The van der Waals surface area contributed by atoms with Crippen LogP contribution in [0.15, 0.2) is 43.0 Å². The van der Waals surface area contributed by atoms with Gasteiger partial charge in [0.05, 0.1) is 12.6 Å². The topological polar surface area (TPSA) is 43.1 Å². The van der Waals surface area contributed by atoms with E-state index in [9.17, 15) is 4.79 Å². The van der Waals surface area contributed by atoms with Gasteiger partial charge in [0.15, 0.2) is 0 Å². The summed E-state index contributed by atoms with van der Waals surface area (Å²) < 4.78 is 4.26. The lowest BCUT2D eigenvalue weighted by molar-refractivity contribution is -0.137. The molecule has 1 saturated heterocycles. The lowest BCUT2D eigenvalue weighted by atomic mass is 9.85. The van der Waals surface area contributed by atoms with Gasteiger partial charge in [0, 0.05) is 43.3 Å². The average molecular weight is 326 g/mol. The van der Waals surface area contributed by atoms with Gasteiger partial charge < -0.3 is 9.47 Å². The van der Waals surface area contributed by atoms with Crippen molar-refractivity contribution in [3.8, 4) is 0 Å². The van der Waals surface area contributed by atoms with Gasteiger partial charge in [0.2, 0.25) is 5.91 Å². The van der Waals surface area contributed by atoms with E-state index in [1.807, 2.05) is 23.1 Å². The zero-order valence-corrected chi connectivity index (χ0v) is 14.1. The first-order chi connectivity index (χ1) is 11.8. The molecule has 0 spiro atoms. The van der Waals surface area contributed by atoms with Crippen LogP contribution in [-0.2, 0) is 11.3 Å². The van der Waals surface area contributed by atoms with E-state index in [0.29, 0.717) is 18.0 Å². The van der Waals surface area contributed by atoms with Crippen molar-refractivity contribution in [3.63, 3.8) is 0 Å². The van der Waals surface area contributed by atoms with Crippen LogP contribution in [0.2, 0.25) is 0 Å². The van der Waals surface area contributed by atoms with Gasteiger partial charge in [-0.1, -0.05) is 0 Å². The summed E-state index contributed by atoms with van der Waals surface area (Å²) in [5.74, 6) is 0.602. The fraction of sp³-hybridized carbons (Fsp3) is 0.579. The summed E-state index contributed by atoms with van der Waals surface area (Å²) in [4.78, 5) is 15.2. The van der Waals surface area contributed by atoms with Crippen LogP contribution in [0.5, 0.6) is 0 Å². The maximum atomic E-state index is 13.0. The summed E-state index contributed by atoms with van der Waals surface area (Å²) in [6.07, 6.45) is 14.6. The third-order valence-corrected chi connectivity index (χ3v) is 5.71. The smallest absolute Gasteiger partial charge is 0.225 e. The van der Waals surface area contributed by atoms with Crippen LogP contribution >= 0.6 is 0 Å². The largest absolute Gasteiger partial charge is 0.351 e. The average Bonchev–Trinajstić information content (AvgIpc) is 3.37. The standard InChI is InChI=1S/C19H26N4O/c24-19(16-6-8-17(9-7-16)21-11-1-2-12-21)23-14-3-5-18(23)15-22-13-4-10-20-22/h1-2,4,10-13,16-18H,3,5-9,14-15H2. The van der Waals surface area contributed by atoms with E-state index in [1.165, 1.54) is 0 Å². The molecule has 1 unspecified atom stereocenters. The molecule has 5 heteroatoms. The summed E-state index contributed by atoms with van der Waals surface area (Å²) >= 11 is 0. The van der Waals surface area contributed by atoms with Crippen molar-refractivity contribution in [3.05, 3.63) is 43.0 Å². The van der Waals surface area contributed by atoms with Crippen LogP contribution in [-0.4, -0.2) is 37.7 Å². The van der Waals surface area contributed by atoms with Crippen LogP contribution in [0.4, 0.5) is 0 Å². The fourth-order valence-electron chi connectivity index (χ4n) is 4.39. The molecular formula is C19H26N4O. The molecule has 3 heterocycles. The van der Waals surface area contributed by atoms with Crippen molar-refractivity contribution >= 4 is 5.91 Å². The Morgan fingerprint density at radius 2 is 1.79 bits per heavy atom. The Balaban J connectivity index is 1.35. The molecule has 1 atom stereocenters. The predicted octanol–water partition coefficient (Wildman–Crippen LogP) is 3.11.